The molecule has 3 aromatic rings. The monoisotopic (exact) mass is 381 g/mol. The second kappa shape index (κ2) is 7.75. The Hall–Kier alpha value is -2.66. The summed E-state index contributed by atoms with van der Waals surface area (Å²) in [5.74, 6) is -0.234. The van der Waals surface area contributed by atoms with Crippen LogP contribution >= 0.6 is 15.9 Å². The van der Waals surface area contributed by atoms with Gasteiger partial charge in [-0.2, -0.15) is 0 Å². The Kier molecular flexibility index (Phi) is 5.23. The number of hydrogen-bond donors (Lipinski definition) is 2. The minimum atomic E-state index is -0.234. The van der Waals surface area contributed by atoms with Crippen LogP contribution in [0.1, 0.15) is 16.1 Å². The van der Waals surface area contributed by atoms with Crippen LogP contribution in [0.2, 0.25) is 0 Å². The Morgan fingerprint density at radius 1 is 0.958 bits per heavy atom. The minimum Gasteiger partial charge on any atom is -0.380 e. The van der Waals surface area contributed by atoms with E-state index in [1.54, 1.807) is 12.3 Å². The molecule has 1 heterocycles. The fourth-order valence-corrected chi connectivity index (χ4v) is 2.59. The van der Waals surface area contributed by atoms with Crippen molar-refractivity contribution in [2.45, 2.75) is 6.54 Å². The molecular formula is C19H16BrN3O. The molecule has 0 atom stereocenters. The summed E-state index contributed by atoms with van der Waals surface area (Å²) in [5.41, 5.74) is 3.16. The van der Waals surface area contributed by atoms with Crippen molar-refractivity contribution in [1.82, 2.24) is 4.98 Å². The van der Waals surface area contributed by atoms with Crippen LogP contribution in [0.15, 0.2) is 77.4 Å². The molecule has 2 N–H and O–H groups in total. The highest BCUT2D eigenvalue weighted by Gasteiger charge is 2.07. The standard InChI is InChI=1S/C19H16BrN3O/c20-15-7-4-8-16(11-15)23-19(24)18-10-9-17(13-22-18)21-12-14-5-2-1-3-6-14/h1-11,13,21H,12H2,(H,23,24). The Morgan fingerprint density at radius 2 is 1.79 bits per heavy atom. The SMILES string of the molecule is O=C(Nc1cccc(Br)c1)c1ccc(NCc2ccccc2)cn1. The third kappa shape index (κ3) is 4.43. The third-order valence-corrected chi connectivity index (χ3v) is 3.91. The van der Waals surface area contributed by atoms with Crippen molar-refractivity contribution in [3.8, 4) is 0 Å². The molecule has 0 aliphatic carbocycles. The maximum Gasteiger partial charge on any atom is 0.274 e. The molecular weight excluding hydrogens is 366 g/mol. The van der Waals surface area contributed by atoms with E-state index in [9.17, 15) is 4.79 Å². The maximum atomic E-state index is 12.2. The maximum absolute atomic E-state index is 12.2. The van der Waals surface area contributed by atoms with E-state index in [2.05, 4.69) is 43.7 Å². The molecule has 3 rings (SSSR count). The Balaban J connectivity index is 1.60. The van der Waals surface area contributed by atoms with Crippen molar-refractivity contribution in [2.75, 3.05) is 10.6 Å². The second-order valence-electron chi connectivity index (χ2n) is 5.24. The first kappa shape index (κ1) is 16.2. The van der Waals surface area contributed by atoms with E-state index >= 15 is 0 Å². The predicted molar refractivity (Wildman–Crippen MR) is 100 cm³/mol. The number of amides is 1. The van der Waals surface area contributed by atoms with Crippen molar-refractivity contribution >= 4 is 33.2 Å². The zero-order valence-corrected chi connectivity index (χ0v) is 14.5. The highest BCUT2D eigenvalue weighted by atomic mass is 79.9. The smallest absolute Gasteiger partial charge is 0.274 e. The molecule has 0 saturated carbocycles. The highest BCUT2D eigenvalue weighted by Crippen LogP contribution is 2.16. The number of nitrogens with one attached hydrogen (secondary N) is 2. The van der Waals surface area contributed by atoms with Gasteiger partial charge in [-0.3, -0.25) is 4.79 Å². The van der Waals surface area contributed by atoms with E-state index in [-0.39, 0.29) is 5.91 Å². The van der Waals surface area contributed by atoms with E-state index in [1.807, 2.05) is 48.5 Å². The number of halogens is 1. The Bertz CT molecular complexity index is 820. The molecule has 0 aliphatic heterocycles. The van der Waals surface area contributed by atoms with E-state index in [0.717, 1.165) is 15.8 Å². The summed E-state index contributed by atoms with van der Waals surface area (Å²) in [5, 5.41) is 6.11. The normalized spacial score (nSPS) is 10.2. The van der Waals surface area contributed by atoms with Gasteiger partial charge in [0, 0.05) is 16.7 Å². The van der Waals surface area contributed by atoms with Gasteiger partial charge in [-0.05, 0) is 35.9 Å². The number of aromatic nitrogens is 1. The molecule has 0 bridgehead atoms. The molecule has 2 aromatic carbocycles. The van der Waals surface area contributed by atoms with Gasteiger partial charge in [0.2, 0.25) is 0 Å². The van der Waals surface area contributed by atoms with Crippen LogP contribution in [0.25, 0.3) is 0 Å². The van der Waals surface area contributed by atoms with E-state index in [4.69, 9.17) is 0 Å². The van der Waals surface area contributed by atoms with Crippen LogP contribution < -0.4 is 10.6 Å². The Morgan fingerprint density at radius 3 is 2.50 bits per heavy atom. The van der Waals surface area contributed by atoms with Crippen molar-refractivity contribution in [3.05, 3.63) is 88.7 Å². The molecule has 24 heavy (non-hydrogen) atoms. The number of anilines is 2. The number of pyridine rings is 1. The Labute approximate surface area is 149 Å². The summed E-state index contributed by atoms with van der Waals surface area (Å²) in [7, 11) is 0. The molecule has 0 unspecified atom stereocenters. The number of nitrogens with zero attached hydrogens (tertiary/aromatic N) is 1. The lowest BCUT2D eigenvalue weighted by Crippen LogP contribution is -2.13. The van der Waals surface area contributed by atoms with Crippen LogP contribution in [-0.4, -0.2) is 10.9 Å². The van der Waals surface area contributed by atoms with E-state index in [0.29, 0.717) is 12.2 Å². The zero-order chi connectivity index (χ0) is 16.8. The minimum absolute atomic E-state index is 0.234. The summed E-state index contributed by atoms with van der Waals surface area (Å²) in [6, 6.07) is 21.1. The van der Waals surface area contributed by atoms with Gasteiger partial charge in [0.05, 0.1) is 11.9 Å². The predicted octanol–water partition coefficient (Wildman–Crippen LogP) is 4.71. The van der Waals surface area contributed by atoms with Crippen LogP contribution in [0.5, 0.6) is 0 Å². The lowest BCUT2D eigenvalue weighted by Gasteiger charge is -2.08. The van der Waals surface area contributed by atoms with Gasteiger partial charge in [0.25, 0.3) is 5.91 Å². The summed E-state index contributed by atoms with van der Waals surface area (Å²) in [4.78, 5) is 16.4. The quantitative estimate of drug-likeness (QED) is 0.672. The van der Waals surface area contributed by atoms with Gasteiger partial charge in [-0.1, -0.05) is 52.3 Å². The highest BCUT2D eigenvalue weighted by molar-refractivity contribution is 9.10. The third-order valence-electron chi connectivity index (χ3n) is 3.42. The van der Waals surface area contributed by atoms with Crippen LogP contribution in [0.4, 0.5) is 11.4 Å². The largest absolute Gasteiger partial charge is 0.380 e. The van der Waals surface area contributed by atoms with E-state index < -0.39 is 0 Å². The van der Waals surface area contributed by atoms with Crippen LogP contribution in [0, 0.1) is 0 Å². The molecule has 120 valence electrons. The van der Waals surface area contributed by atoms with Crippen molar-refractivity contribution in [3.63, 3.8) is 0 Å². The molecule has 0 aliphatic rings. The molecule has 1 amide bonds. The number of benzene rings is 2. The lowest BCUT2D eigenvalue weighted by molar-refractivity contribution is 0.102. The molecule has 1 aromatic heterocycles. The number of carbonyl (C=O) groups is 1. The lowest BCUT2D eigenvalue weighted by atomic mass is 10.2. The molecule has 0 saturated heterocycles. The zero-order valence-electron chi connectivity index (χ0n) is 12.9. The molecule has 0 fully saturated rings. The van der Waals surface area contributed by atoms with Gasteiger partial charge < -0.3 is 10.6 Å². The first-order chi connectivity index (χ1) is 11.7. The van der Waals surface area contributed by atoms with Gasteiger partial charge in [-0.15, -0.1) is 0 Å². The summed E-state index contributed by atoms with van der Waals surface area (Å²) in [6.45, 7) is 0.714. The van der Waals surface area contributed by atoms with Gasteiger partial charge in [-0.25, -0.2) is 4.98 Å². The average molecular weight is 382 g/mol. The van der Waals surface area contributed by atoms with Crippen LogP contribution in [0.3, 0.4) is 0 Å². The number of carbonyl (C=O) groups excluding carboxylic acids is 1. The average Bonchev–Trinajstić information content (AvgIpc) is 2.61. The van der Waals surface area contributed by atoms with Gasteiger partial charge in [0.15, 0.2) is 0 Å². The molecule has 5 heteroatoms. The fraction of sp³-hybridized carbons (Fsp3) is 0.0526. The number of hydrogen-bond acceptors (Lipinski definition) is 3. The van der Waals surface area contributed by atoms with Gasteiger partial charge >= 0.3 is 0 Å². The second-order valence-corrected chi connectivity index (χ2v) is 6.15. The fourth-order valence-electron chi connectivity index (χ4n) is 2.19. The van der Waals surface area contributed by atoms with Crippen LogP contribution in [-0.2, 0) is 6.54 Å². The molecule has 0 spiro atoms. The van der Waals surface area contributed by atoms with Crippen molar-refractivity contribution in [1.29, 1.82) is 0 Å². The number of rotatable bonds is 5. The van der Waals surface area contributed by atoms with Crippen molar-refractivity contribution in [2.24, 2.45) is 0 Å². The summed E-state index contributed by atoms with van der Waals surface area (Å²) < 4.78 is 0.911. The van der Waals surface area contributed by atoms with Crippen molar-refractivity contribution < 1.29 is 4.79 Å². The van der Waals surface area contributed by atoms with E-state index in [1.165, 1.54) is 5.56 Å². The topological polar surface area (TPSA) is 54.0 Å². The van der Waals surface area contributed by atoms with Gasteiger partial charge in [0.1, 0.15) is 5.69 Å². The first-order valence-corrected chi connectivity index (χ1v) is 8.31. The molecule has 4 nitrogen and oxygen atoms in total. The first-order valence-electron chi connectivity index (χ1n) is 7.51. The summed E-state index contributed by atoms with van der Waals surface area (Å²) in [6.07, 6.45) is 1.67. The summed E-state index contributed by atoms with van der Waals surface area (Å²) >= 11 is 3.38. The molecule has 0 radical (unpaired) electrons.